The van der Waals surface area contributed by atoms with Gasteiger partial charge in [0.25, 0.3) is 0 Å². The van der Waals surface area contributed by atoms with Gasteiger partial charge in [0.2, 0.25) is 0 Å². The average Bonchev–Trinajstić information content (AvgIpc) is 2.25. The Bertz CT molecular complexity index is 245. The standard InChI is InChI=1S/C11H20N2O3/c1-4-6-12-11(14)13-8-7-9(16-5-2)10(8)15-3/h4,8-10H,1,5-7H2,2-3H3,(H2,12,13,14)/t8-,9+,10+/m1/s1. The third-order valence-electron chi connectivity index (χ3n) is 2.63. The molecule has 5 heteroatoms. The number of hydrogen-bond acceptors (Lipinski definition) is 3. The molecular weight excluding hydrogens is 208 g/mol. The Balaban J connectivity index is 2.28. The largest absolute Gasteiger partial charge is 0.377 e. The van der Waals surface area contributed by atoms with E-state index in [1.807, 2.05) is 6.92 Å². The number of nitrogens with one attached hydrogen (secondary N) is 2. The van der Waals surface area contributed by atoms with Crippen LogP contribution in [-0.4, -0.2) is 44.5 Å². The number of methoxy groups -OCH3 is 1. The number of carbonyl (C=O) groups excluding carboxylic acids is 1. The van der Waals surface area contributed by atoms with Crippen molar-refractivity contribution >= 4 is 6.03 Å². The molecule has 0 aromatic heterocycles. The van der Waals surface area contributed by atoms with Crippen molar-refractivity contribution in [3.8, 4) is 0 Å². The van der Waals surface area contributed by atoms with E-state index in [2.05, 4.69) is 17.2 Å². The van der Waals surface area contributed by atoms with Crippen molar-refractivity contribution in [2.24, 2.45) is 0 Å². The first-order valence-corrected chi connectivity index (χ1v) is 5.52. The molecule has 1 fully saturated rings. The molecule has 3 atom stereocenters. The lowest BCUT2D eigenvalue weighted by Gasteiger charge is -2.43. The summed E-state index contributed by atoms with van der Waals surface area (Å²) in [6, 6.07) is -0.159. The van der Waals surface area contributed by atoms with Crippen LogP contribution in [0.3, 0.4) is 0 Å². The van der Waals surface area contributed by atoms with Gasteiger partial charge in [0.05, 0.1) is 12.1 Å². The number of ether oxygens (including phenoxy) is 2. The second-order valence-corrected chi connectivity index (χ2v) is 3.68. The molecule has 0 aromatic rings. The van der Waals surface area contributed by atoms with E-state index in [0.29, 0.717) is 13.2 Å². The molecule has 16 heavy (non-hydrogen) atoms. The first-order valence-electron chi connectivity index (χ1n) is 5.52. The Morgan fingerprint density at radius 1 is 1.62 bits per heavy atom. The maximum absolute atomic E-state index is 11.4. The van der Waals surface area contributed by atoms with Crippen molar-refractivity contribution in [2.45, 2.75) is 31.6 Å². The van der Waals surface area contributed by atoms with Gasteiger partial charge >= 0.3 is 6.03 Å². The van der Waals surface area contributed by atoms with Crippen LogP contribution in [0, 0.1) is 0 Å². The molecule has 2 amide bonds. The molecule has 92 valence electrons. The summed E-state index contributed by atoms with van der Waals surface area (Å²) in [5, 5.41) is 5.50. The van der Waals surface area contributed by atoms with Gasteiger partial charge < -0.3 is 20.1 Å². The average molecular weight is 228 g/mol. The predicted molar refractivity (Wildman–Crippen MR) is 61.3 cm³/mol. The van der Waals surface area contributed by atoms with E-state index in [1.54, 1.807) is 13.2 Å². The summed E-state index contributed by atoms with van der Waals surface area (Å²) in [4.78, 5) is 11.4. The summed E-state index contributed by atoms with van der Waals surface area (Å²) in [5.74, 6) is 0. The van der Waals surface area contributed by atoms with E-state index >= 15 is 0 Å². The first-order chi connectivity index (χ1) is 7.72. The van der Waals surface area contributed by atoms with Crippen LogP contribution in [0.2, 0.25) is 0 Å². The Kier molecular flexibility index (Phi) is 5.28. The van der Waals surface area contributed by atoms with E-state index in [9.17, 15) is 4.79 Å². The highest BCUT2D eigenvalue weighted by Crippen LogP contribution is 2.26. The van der Waals surface area contributed by atoms with Gasteiger partial charge in [-0.05, 0) is 13.3 Å². The molecule has 0 bridgehead atoms. The van der Waals surface area contributed by atoms with E-state index < -0.39 is 0 Å². The van der Waals surface area contributed by atoms with Gasteiger partial charge in [0.1, 0.15) is 6.10 Å². The highest BCUT2D eigenvalue weighted by Gasteiger charge is 2.42. The van der Waals surface area contributed by atoms with Crippen LogP contribution in [0.5, 0.6) is 0 Å². The summed E-state index contributed by atoms with van der Waals surface area (Å²) in [6.45, 7) is 6.60. The van der Waals surface area contributed by atoms with Gasteiger partial charge in [-0.15, -0.1) is 6.58 Å². The maximum Gasteiger partial charge on any atom is 0.315 e. The molecule has 1 rings (SSSR count). The lowest BCUT2D eigenvalue weighted by atomic mass is 9.85. The topological polar surface area (TPSA) is 59.6 Å². The Morgan fingerprint density at radius 3 is 2.94 bits per heavy atom. The quantitative estimate of drug-likeness (QED) is 0.657. The Morgan fingerprint density at radius 2 is 2.38 bits per heavy atom. The summed E-state index contributed by atoms with van der Waals surface area (Å²) in [7, 11) is 1.63. The fourth-order valence-corrected chi connectivity index (χ4v) is 1.80. The molecule has 0 saturated heterocycles. The van der Waals surface area contributed by atoms with Crippen LogP contribution in [0.25, 0.3) is 0 Å². The normalized spacial score (nSPS) is 28.0. The van der Waals surface area contributed by atoms with Crippen molar-refractivity contribution in [3.05, 3.63) is 12.7 Å². The minimum atomic E-state index is -0.193. The fraction of sp³-hybridized carbons (Fsp3) is 0.727. The highest BCUT2D eigenvalue weighted by molar-refractivity contribution is 5.74. The monoisotopic (exact) mass is 228 g/mol. The molecule has 0 radical (unpaired) electrons. The van der Waals surface area contributed by atoms with E-state index in [1.165, 1.54) is 0 Å². The van der Waals surface area contributed by atoms with Crippen LogP contribution in [0.15, 0.2) is 12.7 Å². The Labute approximate surface area is 96.2 Å². The lowest BCUT2D eigenvalue weighted by molar-refractivity contribution is -0.128. The van der Waals surface area contributed by atoms with Crippen LogP contribution in [0.4, 0.5) is 4.79 Å². The first kappa shape index (κ1) is 13.0. The van der Waals surface area contributed by atoms with Crippen molar-refractivity contribution in [1.29, 1.82) is 0 Å². The summed E-state index contributed by atoms with van der Waals surface area (Å²) in [6.07, 6.45) is 2.49. The second kappa shape index (κ2) is 6.50. The van der Waals surface area contributed by atoms with Gasteiger partial charge in [0.15, 0.2) is 0 Å². The number of hydrogen-bond donors (Lipinski definition) is 2. The van der Waals surface area contributed by atoms with Gasteiger partial charge in [0, 0.05) is 20.3 Å². The molecule has 0 spiro atoms. The summed E-state index contributed by atoms with van der Waals surface area (Å²) in [5.41, 5.74) is 0. The zero-order valence-electron chi connectivity index (χ0n) is 9.86. The minimum Gasteiger partial charge on any atom is -0.377 e. The fourth-order valence-electron chi connectivity index (χ4n) is 1.80. The lowest BCUT2D eigenvalue weighted by Crippen LogP contribution is -2.62. The van der Waals surface area contributed by atoms with E-state index in [4.69, 9.17) is 9.47 Å². The molecule has 0 unspecified atom stereocenters. The molecule has 5 nitrogen and oxygen atoms in total. The molecule has 0 heterocycles. The summed E-state index contributed by atoms with van der Waals surface area (Å²) < 4.78 is 10.7. The van der Waals surface area contributed by atoms with Gasteiger partial charge in [-0.25, -0.2) is 4.79 Å². The van der Waals surface area contributed by atoms with Gasteiger partial charge in [-0.3, -0.25) is 0 Å². The van der Waals surface area contributed by atoms with Crippen LogP contribution in [0.1, 0.15) is 13.3 Å². The molecule has 0 aromatic carbocycles. The zero-order chi connectivity index (χ0) is 12.0. The van der Waals surface area contributed by atoms with Crippen molar-refractivity contribution < 1.29 is 14.3 Å². The number of amides is 2. The number of urea groups is 1. The third-order valence-corrected chi connectivity index (χ3v) is 2.63. The maximum atomic E-state index is 11.4. The van der Waals surface area contributed by atoms with Crippen molar-refractivity contribution in [3.63, 3.8) is 0 Å². The van der Waals surface area contributed by atoms with Gasteiger partial charge in [-0.2, -0.15) is 0 Å². The van der Waals surface area contributed by atoms with Crippen LogP contribution < -0.4 is 10.6 Å². The van der Waals surface area contributed by atoms with Crippen LogP contribution >= 0.6 is 0 Å². The summed E-state index contributed by atoms with van der Waals surface area (Å²) >= 11 is 0. The predicted octanol–water partition coefficient (Wildman–Crippen LogP) is 0.664. The molecule has 1 aliphatic carbocycles. The minimum absolute atomic E-state index is 0.0337. The zero-order valence-corrected chi connectivity index (χ0v) is 9.86. The van der Waals surface area contributed by atoms with Gasteiger partial charge in [-0.1, -0.05) is 6.08 Å². The van der Waals surface area contributed by atoms with E-state index in [-0.39, 0.29) is 24.3 Å². The van der Waals surface area contributed by atoms with Crippen molar-refractivity contribution in [1.82, 2.24) is 10.6 Å². The molecule has 2 N–H and O–H groups in total. The number of rotatable bonds is 6. The Hall–Kier alpha value is -1.07. The van der Waals surface area contributed by atoms with Crippen LogP contribution in [-0.2, 0) is 9.47 Å². The van der Waals surface area contributed by atoms with E-state index in [0.717, 1.165) is 6.42 Å². The third kappa shape index (κ3) is 3.21. The SMILES string of the molecule is C=CCNC(=O)N[C@@H]1C[C@H](OCC)[C@H]1OC. The molecule has 1 aliphatic rings. The van der Waals surface area contributed by atoms with Crippen molar-refractivity contribution in [2.75, 3.05) is 20.3 Å². The molecular formula is C11H20N2O3. The smallest absolute Gasteiger partial charge is 0.315 e. The molecule has 0 aliphatic heterocycles. The molecule has 1 saturated carbocycles. The number of carbonyl (C=O) groups is 1. The second-order valence-electron chi connectivity index (χ2n) is 3.68. The highest BCUT2D eigenvalue weighted by atomic mass is 16.5.